The molecule has 0 amide bonds. The van der Waals surface area contributed by atoms with Gasteiger partial charge in [-0.05, 0) is 38.5 Å². The average Bonchev–Trinajstić information content (AvgIpc) is 2.75. The van der Waals surface area contributed by atoms with Crippen molar-refractivity contribution in [2.24, 2.45) is 0 Å². The lowest BCUT2D eigenvalue weighted by atomic mass is 10.1. The molecule has 1 heterocycles. The van der Waals surface area contributed by atoms with E-state index < -0.39 is 0 Å². The lowest BCUT2D eigenvalue weighted by Crippen LogP contribution is -2.06. The Kier molecular flexibility index (Phi) is 7.24. The molecule has 3 heteroatoms. The minimum absolute atomic E-state index is 0.493. The third-order valence-corrected chi connectivity index (χ3v) is 2.67. The van der Waals surface area contributed by atoms with E-state index in [1.807, 2.05) is 0 Å². The Morgan fingerprint density at radius 3 is 2.87 bits per heavy atom. The largest absolute Gasteiger partial charge is 0.381 e. The first-order valence-corrected chi connectivity index (χ1v) is 6.00. The van der Waals surface area contributed by atoms with Crippen LogP contribution in [0, 0.1) is 11.3 Å². The second-order valence-corrected chi connectivity index (χ2v) is 4.00. The molecule has 0 saturated carbocycles. The second kappa shape index (κ2) is 8.70. The molecule has 0 aromatic rings. The zero-order valence-corrected chi connectivity index (χ0v) is 9.41. The Labute approximate surface area is 92.4 Å². The van der Waals surface area contributed by atoms with Crippen molar-refractivity contribution < 1.29 is 9.47 Å². The summed E-state index contributed by atoms with van der Waals surface area (Å²) in [7, 11) is 0. The van der Waals surface area contributed by atoms with E-state index in [-0.39, 0.29) is 0 Å². The smallest absolute Gasteiger partial charge is 0.0621 e. The summed E-state index contributed by atoms with van der Waals surface area (Å²) in [5, 5.41) is 8.32. The van der Waals surface area contributed by atoms with E-state index in [1.165, 1.54) is 12.8 Å². The lowest BCUT2D eigenvalue weighted by molar-refractivity contribution is 0.0810. The molecule has 3 nitrogen and oxygen atoms in total. The van der Waals surface area contributed by atoms with Crippen LogP contribution in [0.4, 0.5) is 0 Å². The SMILES string of the molecule is N#CCCCCOCCCC1CCCO1. The maximum Gasteiger partial charge on any atom is 0.0621 e. The molecule has 15 heavy (non-hydrogen) atoms. The Hall–Kier alpha value is -0.590. The maximum atomic E-state index is 8.32. The molecule has 0 aliphatic carbocycles. The molecule has 0 radical (unpaired) electrons. The number of ether oxygens (including phenoxy) is 2. The Balaban J connectivity index is 1.75. The summed E-state index contributed by atoms with van der Waals surface area (Å²) < 4.78 is 11.0. The topological polar surface area (TPSA) is 42.2 Å². The standard InChI is InChI=1S/C12H21NO2/c13-8-2-1-3-9-14-10-4-6-12-7-5-11-15-12/h12H,1-7,9-11H2. The van der Waals surface area contributed by atoms with Gasteiger partial charge in [-0.3, -0.25) is 0 Å². The van der Waals surface area contributed by atoms with Crippen LogP contribution < -0.4 is 0 Å². The van der Waals surface area contributed by atoms with Crippen LogP contribution in [0.5, 0.6) is 0 Å². The van der Waals surface area contributed by atoms with Gasteiger partial charge in [0.05, 0.1) is 12.2 Å². The summed E-state index contributed by atoms with van der Waals surface area (Å²) in [4.78, 5) is 0. The summed E-state index contributed by atoms with van der Waals surface area (Å²) in [6.07, 6.45) is 7.80. The van der Waals surface area contributed by atoms with Crippen molar-refractivity contribution in [3.8, 4) is 6.07 Å². The predicted octanol–water partition coefficient (Wildman–Crippen LogP) is 2.66. The van der Waals surface area contributed by atoms with E-state index in [4.69, 9.17) is 14.7 Å². The molecule has 1 unspecified atom stereocenters. The van der Waals surface area contributed by atoms with E-state index >= 15 is 0 Å². The van der Waals surface area contributed by atoms with Gasteiger partial charge in [0, 0.05) is 26.2 Å². The fourth-order valence-electron chi connectivity index (χ4n) is 1.80. The molecule has 1 atom stereocenters. The molecule has 0 bridgehead atoms. The van der Waals surface area contributed by atoms with Crippen molar-refractivity contribution in [3.05, 3.63) is 0 Å². The molecule has 0 aromatic heterocycles. The first-order chi connectivity index (χ1) is 7.43. The van der Waals surface area contributed by atoms with Gasteiger partial charge < -0.3 is 9.47 Å². The van der Waals surface area contributed by atoms with E-state index in [0.717, 1.165) is 45.5 Å². The van der Waals surface area contributed by atoms with E-state index in [0.29, 0.717) is 12.5 Å². The molecule has 0 N–H and O–H groups in total. The number of nitrogens with zero attached hydrogens (tertiary/aromatic N) is 1. The van der Waals surface area contributed by atoms with Gasteiger partial charge >= 0.3 is 0 Å². The normalized spacial score (nSPS) is 20.3. The first kappa shape index (κ1) is 12.5. The zero-order chi connectivity index (χ0) is 10.8. The van der Waals surface area contributed by atoms with E-state index in [1.54, 1.807) is 0 Å². The number of unbranched alkanes of at least 4 members (excludes halogenated alkanes) is 2. The first-order valence-electron chi connectivity index (χ1n) is 6.00. The lowest BCUT2D eigenvalue weighted by Gasteiger charge is -2.08. The van der Waals surface area contributed by atoms with E-state index in [9.17, 15) is 0 Å². The van der Waals surface area contributed by atoms with Crippen LogP contribution in [0.3, 0.4) is 0 Å². The molecule has 0 aromatic carbocycles. The van der Waals surface area contributed by atoms with Crippen LogP contribution in [0.2, 0.25) is 0 Å². The minimum atomic E-state index is 0.493. The maximum absolute atomic E-state index is 8.32. The molecular formula is C12H21NO2. The van der Waals surface area contributed by atoms with Gasteiger partial charge in [-0.1, -0.05) is 0 Å². The highest BCUT2D eigenvalue weighted by atomic mass is 16.5. The Bertz CT molecular complexity index is 183. The molecular weight excluding hydrogens is 190 g/mol. The van der Waals surface area contributed by atoms with Gasteiger partial charge in [-0.2, -0.15) is 5.26 Å². The van der Waals surface area contributed by atoms with Crippen LogP contribution >= 0.6 is 0 Å². The second-order valence-electron chi connectivity index (χ2n) is 4.00. The summed E-state index contributed by atoms with van der Waals surface area (Å²) in [5.74, 6) is 0. The molecule has 1 fully saturated rings. The molecule has 1 rings (SSSR count). The third-order valence-electron chi connectivity index (χ3n) is 2.67. The summed E-state index contributed by atoms with van der Waals surface area (Å²) >= 11 is 0. The molecule has 86 valence electrons. The van der Waals surface area contributed by atoms with Crippen LogP contribution in [0.25, 0.3) is 0 Å². The fraction of sp³-hybridized carbons (Fsp3) is 0.917. The molecule has 0 spiro atoms. The Morgan fingerprint density at radius 2 is 2.13 bits per heavy atom. The highest BCUT2D eigenvalue weighted by Crippen LogP contribution is 2.16. The van der Waals surface area contributed by atoms with Gasteiger partial charge in [-0.15, -0.1) is 0 Å². The van der Waals surface area contributed by atoms with Crippen molar-refractivity contribution in [1.29, 1.82) is 5.26 Å². The molecule has 1 saturated heterocycles. The highest BCUT2D eigenvalue weighted by molar-refractivity contribution is 4.67. The van der Waals surface area contributed by atoms with Crippen molar-refractivity contribution in [2.75, 3.05) is 19.8 Å². The van der Waals surface area contributed by atoms with Gasteiger partial charge in [0.2, 0.25) is 0 Å². The van der Waals surface area contributed by atoms with Gasteiger partial charge in [0.15, 0.2) is 0 Å². The van der Waals surface area contributed by atoms with Crippen LogP contribution in [0.1, 0.15) is 44.9 Å². The molecule has 1 aliphatic rings. The van der Waals surface area contributed by atoms with E-state index in [2.05, 4.69) is 6.07 Å². The minimum Gasteiger partial charge on any atom is -0.381 e. The predicted molar refractivity (Wildman–Crippen MR) is 58.5 cm³/mol. The summed E-state index contributed by atoms with van der Waals surface area (Å²) in [5.41, 5.74) is 0. The van der Waals surface area contributed by atoms with Crippen molar-refractivity contribution >= 4 is 0 Å². The Morgan fingerprint density at radius 1 is 1.27 bits per heavy atom. The number of rotatable bonds is 8. The summed E-state index contributed by atoms with van der Waals surface area (Å²) in [6.45, 7) is 2.58. The van der Waals surface area contributed by atoms with Crippen LogP contribution in [-0.2, 0) is 9.47 Å². The van der Waals surface area contributed by atoms with Crippen molar-refractivity contribution in [3.63, 3.8) is 0 Å². The van der Waals surface area contributed by atoms with Gasteiger partial charge in [0.1, 0.15) is 0 Å². The average molecular weight is 211 g/mol. The van der Waals surface area contributed by atoms with Crippen LogP contribution in [0.15, 0.2) is 0 Å². The van der Waals surface area contributed by atoms with Gasteiger partial charge in [0.25, 0.3) is 0 Å². The number of hydrogen-bond donors (Lipinski definition) is 0. The number of hydrogen-bond acceptors (Lipinski definition) is 3. The van der Waals surface area contributed by atoms with Gasteiger partial charge in [-0.25, -0.2) is 0 Å². The monoisotopic (exact) mass is 211 g/mol. The van der Waals surface area contributed by atoms with Crippen molar-refractivity contribution in [1.82, 2.24) is 0 Å². The van der Waals surface area contributed by atoms with Crippen molar-refractivity contribution in [2.45, 2.75) is 51.0 Å². The molecule has 1 aliphatic heterocycles. The number of nitriles is 1. The highest BCUT2D eigenvalue weighted by Gasteiger charge is 2.14. The zero-order valence-electron chi connectivity index (χ0n) is 9.41. The third kappa shape index (κ3) is 6.48. The van der Waals surface area contributed by atoms with Crippen LogP contribution in [-0.4, -0.2) is 25.9 Å². The quantitative estimate of drug-likeness (QED) is 0.580. The summed E-state index contributed by atoms with van der Waals surface area (Å²) in [6, 6.07) is 2.13. The fourth-order valence-corrected chi connectivity index (χ4v) is 1.80.